The molecule has 4 heteroatoms. The van der Waals surface area contributed by atoms with Crippen LogP contribution in [0.4, 0.5) is 8.78 Å². The van der Waals surface area contributed by atoms with E-state index in [1.165, 1.54) is 0 Å². The van der Waals surface area contributed by atoms with E-state index in [0.717, 1.165) is 19.6 Å². The fourth-order valence-corrected chi connectivity index (χ4v) is 1.91. The van der Waals surface area contributed by atoms with E-state index in [0.29, 0.717) is 19.0 Å². The van der Waals surface area contributed by atoms with Crippen molar-refractivity contribution in [2.45, 2.75) is 18.8 Å². The third-order valence-electron chi connectivity index (χ3n) is 2.97. The van der Waals surface area contributed by atoms with Crippen molar-refractivity contribution in [2.75, 3.05) is 32.7 Å². The van der Waals surface area contributed by atoms with Gasteiger partial charge in [-0.05, 0) is 5.92 Å². The largest absolute Gasteiger partial charge is 0.316 e. The monoisotopic (exact) mass is 190 g/mol. The molecule has 0 spiro atoms. The third kappa shape index (κ3) is 2.38. The average molecular weight is 190 g/mol. The van der Waals surface area contributed by atoms with Crippen LogP contribution in [-0.4, -0.2) is 43.5 Å². The van der Waals surface area contributed by atoms with Crippen molar-refractivity contribution in [3.05, 3.63) is 0 Å². The highest BCUT2D eigenvalue weighted by molar-refractivity contribution is 4.82. The van der Waals surface area contributed by atoms with E-state index in [-0.39, 0.29) is 12.8 Å². The van der Waals surface area contributed by atoms with Gasteiger partial charge in [0.25, 0.3) is 5.92 Å². The van der Waals surface area contributed by atoms with E-state index >= 15 is 0 Å². The third-order valence-corrected chi connectivity index (χ3v) is 2.97. The summed E-state index contributed by atoms with van der Waals surface area (Å²) in [5, 5.41) is 3.19. The molecule has 2 saturated heterocycles. The second-order valence-electron chi connectivity index (χ2n) is 4.18. The molecule has 1 N–H and O–H groups in total. The first-order valence-corrected chi connectivity index (χ1v) is 4.97. The average Bonchev–Trinajstić information content (AvgIpc) is 1.99. The van der Waals surface area contributed by atoms with E-state index in [2.05, 4.69) is 10.2 Å². The highest BCUT2D eigenvalue weighted by Crippen LogP contribution is 2.28. The molecular weight excluding hydrogens is 174 g/mol. The number of alkyl halides is 2. The molecule has 0 aliphatic carbocycles. The van der Waals surface area contributed by atoms with Crippen LogP contribution in [0.3, 0.4) is 0 Å². The van der Waals surface area contributed by atoms with Gasteiger partial charge in [0.2, 0.25) is 0 Å². The summed E-state index contributed by atoms with van der Waals surface area (Å²) in [4.78, 5) is 2.17. The Kier molecular flexibility index (Phi) is 2.51. The summed E-state index contributed by atoms with van der Waals surface area (Å²) in [5.74, 6) is -1.69. The summed E-state index contributed by atoms with van der Waals surface area (Å²) in [7, 11) is 0. The summed E-state index contributed by atoms with van der Waals surface area (Å²) in [6.45, 7) is 4.27. The van der Waals surface area contributed by atoms with Gasteiger partial charge >= 0.3 is 0 Å². The first kappa shape index (κ1) is 9.34. The molecule has 0 amide bonds. The van der Waals surface area contributed by atoms with E-state index in [9.17, 15) is 8.78 Å². The number of hydrogen-bond acceptors (Lipinski definition) is 2. The highest BCUT2D eigenvalue weighted by atomic mass is 19.3. The molecule has 0 unspecified atom stereocenters. The van der Waals surface area contributed by atoms with Crippen LogP contribution in [0, 0.1) is 5.92 Å². The van der Waals surface area contributed by atoms with Crippen LogP contribution >= 0.6 is 0 Å². The molecule has 2 aliphatic heterocycles. The predicted molar refractivity (Wildman–Crippen MR) is 47.0 cm³/mol. The molecule has 2 fully saturated rings. The van der Waals surface area contributed by atoms with E-state index in [4.69, 9.17) is 0 Å². The van der Waals surface area contributed by atoms with Crippen LogP contribution in [0.5, 0.6) is 0 Å². The smallest absolute Gasteiger partial charge is 0.250 e. The lowest BCUT2D eigenvalue weighted by molar-refractivity contribution is -0.0583. The second kappa shape index (κ2) is 3.50. The Bertz CT molecular complexity index is 170. The molecule has 0 atom stereocenters. The maximum absolute atomic E-state index is 12.8. The fraction of sp³-hybridized carbons (Fsp3) is 1.00. The van der Waals surface area contributed by atoms with Gasteiger partial charge in [0.1, 0.15) is 0 Å². The molecular formula is C9H16F2N2. The molecule has 2 nitrogen and oxygen atoms in total. The van der Waals surface area contributed by atoms with Crippen molar-refractivity contribution >= 4 is 0 Å². The molecule has 0 aromatic carbocycles. The highest BCUT2D eigenvalue weighted by Gasteiger charge is 2.34. The number of rotatable bonds is 2. The van der Waals surface area contributed by atoms with Crippen molar-refractivity contribution < 1.29 is 8.78 Å². The summed E-state index contributed by atoms with van der Waals surface area (Å²) < 4.78 is 25.5. The zero-order chi connectivity index (χ0) is 9.31. The van der Waals surface area contributed by atoms with Crippen LogP contribution in [0.25, 0.3) is 0 Å². The summed E-state index contributed by atoms with van der Waals surface area (Å²) in [6, 6.07) is 0. The number of piperidine rings is 1. The quantitative estimate of drug-likeness (QED) is 0.697. The van der Waals surface area contributed by atoms with E-state index < -0.39 is 5.92 Å². The van der Waals surface area contributed by atoms with Crippen molar-refractivity contribution in [1.29, 1.82) is 0 Å². The molecule has 2 aliphatic rings. The Balaban J connectivity index is 1.71. The molecule has 0 radical (unpaired) electrons. The molecule has 2 rings (SSSR count). The molecule has 0 bridgehead atoms. The van der Waals surface area contributed by atoms with Gasteiger partial charge in [-0.15, -0.1) is 0 Å². The van der Waals surface area contributed by atoms with Gasteiger partial charge in [-0.25, -0.2) is 8.78 Å². The Morgan fingerprint density at radius 1 is 1.23 bits per heavy atom. The van der Waals surface area contributed by atoms with Gasteiger partial charge in [0.05, 0.1) is 0 Å². The minimum Gasteiger partial charge on any atom is -0.316 e. The lowest BCUT2D eigenvalue weighted by Gasteiger charge is -2.37. The molecule has 0 aromatic heterocycles. The molecule has 2 heterocycles. The predicted octanol–water partition coefficient (Wildman–Crippen LogP) is 0.937. The summed E-state index contributed by atoms with van der Waals surface area (Å²) in [5.41, 5.74) is 0. The number of likely N-dealkylation sites (tertiary alicyclic amines) is 1. The Labute approximate surface area is 77.3 Å². The van der Waals surface area contributed by atoms with Gasteiger partial charge in [-0.2, -0.15) is 0 Å². The first-order valence-electron chi connectivity index (χ1n) is 4.97. The van der Waals surface area contributed by atoms with Crippen LogP contribution in [0.15, 0.2) is 0 Å². The number of hydrogen-bond donors (Lipinski definition) is 1. The van der Waals surface area contributed by atoms with Crippen molar-refractivity contribution in [1.82, 2.24) is 10.2 Å². The van der Waals surface area contributed by atoms with Gasteiger partial charge in [-0.1, -0.05) is 0 Å². The Morgan fingerprint density at radius 2 is 1.85 bits per heavy atom. The van der Waals surface area contributed by atoms with Crippen molar-refractivity contribution in [3.63, 3.8) is 0 Å². The van der Waals surface area contributed by atoms with Crippen LogP contribution < -0.4 is 5.32 Å². The van der Waals surface area contributed by atoms with Crippen LogP contribution in [0.1, 0.15) is 12.8 Å². The second-order valence-corrected chi connectivity index (χ2v) is 4.18. The van der Waals surface area contributed by atoms with Gasteiger partial charge in [0.15, 0.2) is 0 Å². The minimum absolute atomic E-state index is 0.0488. The lowest BCUT2D eigenvalue weighted by atomic mass is 10.0. The number of nitrogens with zero attached hydrogens (tertiary/aromatic N) is 1. The fourth-order valence-electron chi connectivity index (χ4n) is 1.91. The van der Waals surface area contributed by atoms with Crippen molar-refractivity contribution in [3.8, 4) is 0 Å². The molecule has 0 saturated carbocycles. The Hall–Kier alpha value is -0.220. The van der Waals surface area contributed by atoms with Crippen molar-refractivity contribution in [2.24, 2.45) is 5.92 Å². The normalized spacial score (nSPS) is 30.0. The standard InChI is InChI=1S/C9H16F2N2/c10-9(11)1-3-13(4-2-9)7-8-5-12-6-8/h8,12H,1-7H2. The molecule has 0 aromatic rings. The van der Waals surface area contributed by atoms with Gasteiger partial charge in [-0.3, -0.25) is 0 Å². The van der Waals surface area contributed by atoms with E-state index in [1.54, 1.807) is 0 Å². The first-order chi connectivity index (χ1) is 6.16. The maximum Gasteiger partial charge on any atom is 0.250 e. The Morgan fingerprint density at radius 3 is 2.31 bits per heavy atom. The molecule has 13 heavy (non-hydrogen) atoms. The van der Waals surface area contributed by atoms with Crippen LogP contribution in [-0.2, 0) is 0 Å². The number of halogens is 2. The maximum atomic E-state index is 12.8. The zero-order valence-electron chi connectivity index (χ0n) is 7.73. The zero-order valence-corrected chi connectivity index (χ0v) is 7.73. The SMILES string of the molecule is FC1(F)CCN(CC2CNC2)CC1. The minimum atomic E-state index is -2.39. The van der Waals surface area contributed by atoms with Gasteiger partial charge < -0.3 is 10.2 Å². The lowest BCUT2D eigenvalue weighted by Crippen LogP contribution is -2.50. The summed E-state index contributed by atoms with van der Waals surface area (Å²) in [6.07, 6.45) is 0.0975. The number of nitrogens with one attached hydrogen (secondary N) is 1. The molecule has 76 valence electrons. The van der Waals surface area contributed by atoms with E-state index in [1.807, 2.05) is 0 Å². The van der Waals surface area contributed by atoms with Gasteiger partial charge in [0, 0.05) is 45.6 Å². The summed E-state index contributed by atoms with van der Waals surface area (Å²) >= 11 is 0. The topological polar surface area (TPSA) is 15.3 Å². The van der Waals surface area contributed by atoms with Crippen LogP contribution in [0.2, 0.25) is 0 Å².